The van der Waals surface area contributed by atoms with Crippen molar-refractivity contribution in [2.75, 3.05) is 5.32 Å². The lowest BCUT2D eigenvalue weighted by Crippen LogP contribution is -1.89. The molecule has 0 spiro atoms. The minimum absolute atomic E-state index is 0.820. The van der Waals surface area contributed by atoms with Crippen LogP contribution in [0.25, 0.3) is 0 Å². The zero-order chi connectivity index (χ0) is 10.3. The summed E-state index contributed by atoms with van der Waals surface area (Å²) in [6.07, 6.45) is 6.63. The van der Waals surface area contributed by atoms with Crippen molar-refractivity contribution in [1.82, 2.24) is 4.98 Å². The van der Waals surface area contributed by atoms with Gasteiger partial charge in [-0.15, -0.1) is 0 Å². The first-order valence-corrected chi connectivity index (χ1v) is 4.76. The van der Waals surface area contributed by atoms with Crippen LogP contribution in [0.3, 0.4) is 0 Å². The number of anilines is 1. The Balaban J connectivity index is 1.97. The fourth-order valence-corrected chi connectivity index (χ4v) is 1.18. The summed E-state index contributed by atoms with van der Waals surface area (Å²) in [5, 5.41) is 3.05. The second-order valence-corrected chi connectivity index (χ2v) is 3.01. The van der Waals surface area contributed by atoms with E-state index in [1.54, 1.807) is 12.4 Å². The number of nitrogens with zero attached hydrogens (tertiary/aromatic N) is 1. The van der Waals surface area contributed by atoms with Gasteiger partial charge in [-0.05, 0) is 17.7 Å². The Morgan fingerprint density at radius 2 is 1.80 bits per heavy atom. The van der Waals surface area contributed by atoms with Crippen molar-refractivity contribution in [3.8, 4) is 0 Å². The van der Waals surface area contributed by atoms with E-state index >= 15 is 0 Å². The summed E-state index contributed by atoms with van der Waals surface area (Å²) in [4.78, 5) is 4.13. The SMILES string of the molecule is [C](=CNc1ccccn1)c1ccccc1. The van der Waals surface area contributed by atoms with Crippen LogP contribution in [0.5, 0.6) is 0 Å². The topological polar surface area (TPSA) is 24.9 Å². The number of benzene rings is 1. The van der Waals surface area contributed by atoms with Crippen LogP contribution < -0.4 is 5.32 Å². The van der Waals surface area contributed by atoms with Gasteiger partial charge in [-0.3, -0.25) is 0 Å². The smallest absolute Gasteiger partial charge is 0.129 e. The zero-order valence-corrected chi connectivity index (χ0v) is 8.22. The van der Waals surface area contributed by atoms with Crippen LogP contribution in [-0.4, -0.2) is 4.98 Å². The van der Waals surface area contributed by atoms with Gasteiger partial charge >= 0.3 is 0 Å². The Morgan fingerprint density at radius 1 is 1.00 bits per heavy atom. The molecule has 0 saturated heterocycles. The predicted octanol–water partition coefficient (Wildman–Crippen LogP) is 2.86. The van der Waals surface area contributed by atoms with E-state index in [1.807, 2.05) is 48.5 Å². The molecule has 0 aliphatic carbocycles. The van der Waals surface area contributed by atoms with Crippen LogP contribution in [0.2, 0.25) is 0 Å². The molecule has 2 heteroatoms. The Kier molecular flexibility index (Phi) is 3.13. The molecule has 1 heterocycles. The first kappa shape index (κ1) is 9.46. The second kappa shape index (κ2) is 4.96. The molecular weight excluding hydrogens is 184 g/mol. The van der Waals surface area contributed by atoms with Gasteiger partial charge in [0.2, 0.25) is 0 Å². The molecule has 15 heavy (non-hydrogen) atoms. The summed E-state index contributed by atoms with van der Waals surface area (Å²) in [5.41, 5.74) is 1.04. The molecule has 2 rings (SSSR count). The lowest BCUT2D eigenvalue weighted by Gasteiger charge is -1.97. The van der Waals surface area contributed by atoms with Gasteiger partial charge in [0.25, 0.3) is 0 Å². The molecule has 2 nitrogen and oxygen atoms in total. The highest BCUT2D eigenvalue weighted by Crippen LogP contribution is 2.01. The number of rotatable bonds is 3. The molecule has 0 bridgehead atoms. The number of aromatic nitrogens is 1. The van der Waals surface area contributed by atoms with Gasteiger partial charge in [0.15, 0.2) is 0 Å². The molecule has 1 N–H and O–H groups in total. The number of nitrogens with one attached hydrogen (secondary N) is 1. The van der Waals surface area contributed by atoms with Crippen LogP contribution in [0, 0.1) is 6.08 Å². The highest BCUT2D eigenvalue weighted by Gasteiger charge is 1.86. The van der Waals surface area contributed by atoms with E-state index in [0.29, 0.717) is 0 Å². The average Bonchev–Trinajstić information content (AvgIpc) is 2.32. The van der Waals surface area contributed by atoms with Crippen LogP contribution in [0.4, 0.5) is 5.82 Å². The quantitative estimate of drug-likeness (QED) is 0.814. The lowest BCUT2D eigenvalue weighted by atomic mass is 10.2. The largest absolute Gasteiger partial charge is 0.346 e. The molecule has 0 aliphatic heterocycles. The third-order valence-corrected chi connectivity index (χ3v) is 1.90. The Morgan fingerprint density at radius 3 is 2.53 bits per heavy atom. The average molecular weight is 195 g/mol. The summed E-state index contributed by atoms with van der Waals surface area (Å²) in [7, 11) is 0. The van der Waals surface area contributed by atoms with Crippen molar-refractivity contribution >= 4 is 5.82 Å². The minimum Gasteiger partial charge on any atom is -0.346 e. The Hall–Kier alpha value is -2.09. The van der Waals surface area contributed by atoms with Gasteiger partial charge < -0.3 is 5.32 Å². The van der Waals surface area contributed by atoms with Gasteiger partial charge in [-0.2, -0.15) is 0 Å². The fourth-order valence-electron chi connectivity index (χ4n) is 1.18. The molecule has 0 aliphatic rings. The van der Waals surface area contributed by atoms with Gasteiger partial charge in [-0.1, -0.05) is 36.4 Å². The standard InChI is InChI=1S/C13H11N2/c1-2-6-12(7-3-1)9-11-15-13-8-4-5-10-14-13/h1-8,10-11H,(H,14,15). The highest BCUT2D eigenvalue weighted by atomic mass is 15.0. The highest BCUT2D eigenvalue weighted by molar-refractivity contribution is 5.37. The summed E-state index contributed by atoms with van der Waals surface area (Å²) in [6, 6.07) is 15.7. The van der Waals surface area contributed by atoms with Gasteiger partial charge in [-0.25, -0.2) is 4.98 Å². The zero-order valence-electron chi connectivity index (χ0n) is 8.22. The molecule has 0 unspecified atom stereocenters. The molecule has 1 aromatic heterocycles. The number of hydrogen-bond donors (Lipinski definition) is 1. The van der Waals surface area contributed by atoms with Gasteiger partial charge in [0.05, 0.1) is 0 Å². The van der Waals surface area contributed by atoms with Gasteiger partial charge in [0, 0.05) is 18.5 Å². The lowest BCUT2D eigenvalue weighted by molar-refractivity contribution is 1.30. The summed E-state index contributed by atoms with van der Waals surface area (Å²) in [6.45, 7) is 0. The minimum atomic E-state index is 0.820. The molecule has 0 fully saturated rings. The molecule has 73 valence electrons. The predicted molar refractivity (Wildman–Crippen MR) is 61.2 cm³/mol. The van der Waals surface area contributed by atoms with Crippen LogP contribution >= 0.6 is 0 Å². The van der Waals surface area contributed by atoms with Gasteiger partial charge in [0.1, 0.15) is 5.82 Å². The molecule has 1 radical (unpaired) electrons. The summed E-state index contributed by atoms with van der Waals surface area (Å²) < 4.78 is 0. The van der Waals surface area contributed by atoms with E-state index in [2.05, 4.69) is 16.4 Å². The summed E-state index contributed by atoms with van der Waals surface area (Å²) >= 11 is 0. The molecule has 1 aromatic carbocycles. The first-order chi connectivity index (χ1) is 7.45. The maximum Gasteiger partial charge on any atom is 0.129 e. The van der Waals surface area contributed by atoms with Crippen LogP contribution in [0.1, 0.15) is 5.56 Å². The molecule has 0 saturated carbocycles. The van der Waals surface area contributed by atoms with Crippen molar-refractivity contribution in [3.63, 3.8) is 0 Å². The maximum atomic E-state index is 4.13. The third kappa shape index (κ3) is 2.95. The number of pyridine rings is 1. The molecule has 2 aromatic rings. The van der Waals surface area contributed by atoms with Crippen LogP contribution in [-0.2, 0) is 0 Å². The van der Waals surface area contributed by atoms with Crippen molar-refractivity contribution < 1.29 is 0 Å². The van der Waals surface area contributed by atoms with Crippen molar-refractivity contribution in [1.29, 1.82) is 0 Å². The fraction of sp³-hybridized carbons (Fsp3) is 0. The maximum absolute atomic E-state index is 4.13. The Labute approximate surface area is 89.3 Å². The van der Waals surface area contributed by atoms with Crippen molar-refractivity contribution in [2.24, 2.45) is 0 Å². The van der Waals surface area contributed by atoms with Crippen molar-refractivity contribution in [3.05, 3.63) is 72.6 Å². The van der Waals surface area contributed by atoms with E-state index in [9.17, 15) is 0 Å². The number of hydrogen-bond acceptors (Lipinski definition) is 2. The Bertz CT molecular complexity index is 421. The summed E-state index contributed by atoms with van der Waals surface area (Å²) in [5.74, 6) is 0.820. The first-order valence-electron chi connectivity index (χ1n) is 4.76. The second-order valence-electron chi connectivity index (χ2n) is 3.01. The van der Waals surface area contributed by atoms with E-state index in [1.165, 1.54) is 0 Å². The third-order valence-electron chi connectivity index (χ3n) is 1.90. The normalized spacial score (nSPS) is 10.4. The monoisotopic (exact) mass is 195 g/mol. The molecule has 0 atom stereocenters. The molecular formula is C13H11N2. The van der Waals surface area contributed by atoms with E-state index in [4.69, 9.17) is 0 Å². The van der Waals surface area contributed by atoms with E-state index < -0.39 is 0 Å². The van der Waals surface area contributed by atoms with Crippen molar-refractivity contribution in [2.45, 2.75) is 0 Å². The van der Waals surface area contributed by atoms with E-state index in [-0.39, 0.29) is 0 Å². The van der Waals surface area contributed by atoms with Crippen LogP contribution in [0.15, 0.2) is 60.9 Å². The molecule has 0 amide bonds. The van der Waals surface area contributed by atoms with E-state index in [0.717, 1.165) is 11.4 Å².